The lowest BCUT2D eigenvalue weighted by Crippen LogP contribution is -2.58. The number of unbranched alkanes of at least 4 members (excludes halogenated alkanes) is 1. The summed E-state index contributed by atoms with van der Waals surface area (Å²) >= 11 is 3.98. The maximum atomic E-state index is 13.2. The van der Waals surface area contributed by atoms with E-state index in [0.717, 1.165) is 0 Å². The van der Waals surface area contributed by atoms with Gasteiger partial charge in [-0.3, -0.25) is 19.2 Å². The maximum absolute atomic E-state index is 13.2. The van der Waals surface area contributed by atoms with Crippen LogP contribution in [-0.4, -0.2) is 76.3 Å². The quantitative estimate of drug-likeness (QED) is 0.0832. The number of phenols is 1. The zero-order chi connectivity index (χ0) is 27.3. The van der Waals surface area contributed by atoms with Crippen molar-refractivity contribution >= 4 is 42.2 Å². The van der Waals surface area contributed by atoms with Crippen molar-refractivity contribution < 1.29 is 34.2 Å². The Kier molecular flexibility index (Phi) is 13.3. The predicted octanol–water partition coefficient (Wildman–Crippen LogP) is -2.26. The Morgan fingerprint density at radius 1 is 0.889 bits per heavy atom. The first-order valence-corrected chi connectivity index (χ1v) is 11.9. The van der Waals surface area contributed by atoms with Crippen LogP contribution in [0.4, 0.5) is 0 Å². The number of nitrogens with two attached hydrogens (primary N) is 3. The number of thiol groups is 1. The lowest BCUT2D eigenvalue weighted by Gasteiger charge is -2.25. The molecule has 4 atom stereocenters. The number of hydrogen-bond acceptors (Lipinski definition) is 9. The Labute approximate surface area is 213 Å². The Hall–Kier alpha value is -3.36. The summed E-state index contributed by atoms with van der Waals surface area (Å²) in [6.45, 7) is 0.336. The van der Waals surface area contributed by atoms with Gasteiger partial charge in [0.1, 0.15) is 23.9 Å². The molecule has 11 N–H and O–H groups in total. The highest BCUT2D eigenvalue weighted by Crippen LogP contribution is 2.12. The van der Waals surface area contributed by atoms with Crippen molar-refractivity contribution in [2.75, 3.05) is 12.3 Å². The first-order chi connectivity index (χ1) is 17.0. The molecule has 0 radical (unpaired) electrons. The summed E-state index contributed by atoms with van der Waals surface area (Å²) in [4.78, 5) is 61.0. The minimum absolute atomic E-state index is 0.00765. The van der Waals surface area contributed by atoms with Crippen molar-refractivity contribution in [3.05, 3.63) is 29.8 Å². The normalized spacial score (nSPS) is 14.1. The maximum Gasteiger partial charge on any atom is 0.326 e. The number of nitrogens with one attached hydrogen (secondary N) is 3. The highest BCUT2D eigenvalue weighted by molar-refractivity contribution is 7.80. The van der Waals surface area contributed by atoms with Gasteiger partial charge in [-0.2, -0.15) is 12.6 Å². The molecule has 0 aliphatic heterocycles. The van der Waals surface area contributed by atoms with Gasteiger partial charge in [-0.15, -0.1) is 0 Å². The van der Waals surface area contributed by atoms with Crippen molar-refractivity contribution in [1.29, 1.82) is 0 Å². The third kappa shape index (κ3) is 10.9. The first kappa shape index (κ1) is 30.7. The number of carboxylic acid groups (broad SMARTS) is 1. The van der Waals surface area contributed by atoms with Crippen LogP contribution in [0, 0.1) is 0 Å². The lowest BCUT2D eigenvalue weighted by atomic mass is 10.0. The van der Waals surface area contributed by atoms with Gasteiger partial charge < -0.3 is 43.4 Å². The molecule has 0 spiro atoms. The number of aromatic hydroxyl groups is 1. The molecule has 0 saturated carbocycles. The third-order valence-electron chi connectivity index (χ3n) is 5.14. The monoisotopic (exact) mass is 526 g/mol. The van der Waals surface area contributed by atoms with Gasteiger partial charge in [0.15, 0.2) is 0 Å². The van der Waals surface area contributed by atoms with Gasteiger partial charge in [0.25, 0.3) is 0 Å². The predicted molar refractivity (Wildman–Crippen MR) is 134 cm³/mol. The van der Waals surface area contributed by atoms with Crippen LogP contribution in [0.15, 0.2) is 24.3 Å². The van der Waals surface area contributed by atoms with Crippen LogP contribution in [0.1, 0.15) is 31.2 Å². The molecule has 0 aliphatic rings. The number of benzene rings is 1. The zero-order valence-electron chi connectivity index (χ0n) is 19.7. The third-order valence-corrected chi connectivity index (χ3v) is 5.54. The molecule has 1 rings (SSSR count). The fraction of sp³-hybridized carbons (Fsp3) is 0.500. The van der Waals surface area contributed by atoms with Gasteiger partial charge in [-0.05, 0) is 43.5 Å². The number of carboxylic acids is 1. The van der Waals surface area contributed by atoms with Crippen molar-refractivity contribution in [2.24, 2.45) is 17.2 Å². The molecule has 0 heterocycles. The molecule has 0 saturated heterocycles. The SMILES string of the molecule is NCCCCC(NC(=O)C(Cc1ccc(O)cc1)NC(=O)C(N)CS)C(=O)NC(CC(N)=O)C(=O)O. The van der Waals surface area contributed by atoms with E-state index in [9.17, 15) is 34.2 Å². The summed E-state index contributed by atoms with van der Waals surface area (Å²) in [7, 11) is 0. The molecule has 0 aliphatic carbocycles. The molecule has 36 heavy (non-hydrogen) atoms. The molecule has 4 unspecified atom stereocenters. The molecule has 0 fully saturated rings. The largest absolute Gasteiger partial charge is 0.508 e. The number of amides is 4. The molecule has 13 nitrogen and oxygen atoms in total. The van der Waals surface area contributed by atoms with Gasteiger partial charge >= 0.3 is 5.97 Å². The van der Waals surface area contributed by atoms with E-state index in [2.05, 4.69) is 28.6 Å². The topological polar surface area (TPSA) is 240 Å². The molecule has 0 bridgehead atoms. The molecule has 4 amide bonds. The van der Waals surface area contributed by atoms with Crippen molar-refractivity contribution in [3.63, 3.8) is 0 Å². The van der Waals surface area contributed by atoms with Gasteiger partial charge in [0, 0.05) is 12.2 Å². The first-order valence-electron chi connectivity index (χ1n) is 11.2. The zero-order valence-corrected chi connectivity index (χ0v) is 20.6. The summed E-state index contributed by atoms with van der Waals surface area (Å²) in [5, 5.41) is 26.1. The number of carbonyl (C=O) groups excluding carboxylic acids is 4. The summed E-state index contributed by atoms with van der Waals surface area (Å²) in [6, 6.07) is 1.05. The van der Waals surface area contributed by atoms with E-state index in [1.807, 2.05) is 0 Å². The standard InChI is InChI=1S/C22H34N6O7S/c23-8-2-1-3-15(20(32)28-17(22(34)35)10-18(25)30)26-21(33)16(27-19(31)14(24)11-36)9-12-4-6-13(29)7-5-12/h4-7,14-17,29,36H,1-3,8-11,23-24H2,(H2,25,30)(H,26,33)(H,27,31)(H,28,32)(H,34,35). The van der Waals surface area contributed by atoms with Gasteiger partial charge in [-0.25, -0.2) is 4.79 Å². The fourth-order valence-electron chi connectivity index (χ4n) is 3.15. The van der Waals surface area contributed by atoms with Crippen molar-refractivity contribution in [3.8, 4) is 5.75 Å². The van der Waals surface area contributed by atoms with E-state index >= 15 is 0 Å². The number of phenolic OH excluding ortho intramolecular Hbond substituents is 1. The molecule has 200 valence electrons. The molecule has 0 aromatic heterocycles. The Balaban J connectivity index is 3.11. The average Bonchev–Trinajstić information content (AvgIpc) is 2.82. The number of primary amides is 1. The van der Waals surface area contributed by atoms with Crippen molar-refractivity contribution in [2.45, 2.75) is 56.3 Å². The Morgan fingerprint density at radius 3 is 1.97 bits per heavy atom. The fourth-order valence-corrected chi connectivity index (χ4v) is 3.31. The van der Waals surface area contributed by atoms with Crippen molar-refractivity contribution in [1.82, 2.24) is 16.0 Å². The van der Waals surface area contributed by atoms with Crippen LogP contribution in [0.5, 0.6) is 5.75 Å². The molecular weight excluding hydrogens is 492 g/mol. The van der Waals surface area contributed by atoms with E-state index in [1.165, 1.54) is 12.1 Å². The van der Waals surface area contributed by atoms with E-state index < -0.39 is 60.2 Å². The van der Waals surface area contributed by atoms with E-state index in [4.69, 9.17) is 17.2 Å². The molecule has 1 aromatic carbocycles. The molecular formula is C22H34N6O7S. The Morgan fingerprint density at radius 2 is 1.44 bits per heavy atom. The molecule has 1 aromatic rings. The number of rotatable bonds is 16. The van der Waals surface area contributed by atoms with Gasteiger partial charge in [-0.1, -0.05) is 12.1 Å². The lowest BCUT2D eigenvalue weighted by molar-refractivity contribution is -0.143. The van der Waals surface area contributed by atoms with Crippen LogP contribution < -0.4 is 33.2 Å². The van der Waals surface area contributed by atoms with Crippen LogP contribution in [0.25, 0.3) is 0 Å². The van der Waals surface area contributed by atoms with Crippen LogP contribution in [-0.2, 0) is 30.4 Å². The second-order valence-corrected chi connectivity index (χ2v) is 8.50. The highest BCUT2D eigenvalue weighted by Gasteiger charge is 2.30. The molecule has 14 heteroatoms. The summed E-state index contributed by atoms with van der Waals surface area (Å²) < 4.78 is 0. The highest BCUT2D eigenvalue weighted by atomic mass is 32.1. The van der Waals surface area contributed by atoms with E-state index in [1.54, 1.807) is 12.1 Å². The van der Waals surface area contributed by atoms with Crippen LogP contribution in [0.3, 0.4) is 0 Å². The van der Waals surface area contributed by atoms with Crippen LogP contribution in [0.2, 0.25) is 0 Å². The van der Waals surface area contributed by atoms with E-state index in [0.29, 0.717) is 24.9 Å². The minimum atomic E-state index is -1.58. The van der Waals surface area contributed by atoms with E-state index in [-0.39, 0.29) is 24.3 Å². The number of aliphatic carboxylic acids is 1. The second-order valence-electron chi connectivity index (χ2n) is 8.14. The van der Waals surface area contributed by atoms with Gasteiger partial charge in [0.05, 0.1) is 12.5 Å². The van der Waals surface area contributed by atoms with Crippen LogP contribution >= 0.6 is 12.6 Å². The number of carbonyl (C=O) groups is 5. The average molecular weight is 527 g/mol. The Bertz CT molecular complexity index is 915. The summed E-state index contributed by atoms with van der Waals surface area (Å²) in [5.74, 6) is -4.55. The second kappa shape index (κ2) is 15.6. The summed E-state index contributed by atoms with van der Waals surface area (Å²) in [6.07, 6.45) is 0.461. The van der Waals surface area contributed by atoms with Gasteiger partial charge in [0.2, 0.25) is 23.6 Å². The number of hydrogen-bond donors (Lipinski definition) is 9. The summed E-state index contributed by atoms with van der Waals surface area (Å²) in [5.41, 5.74) is 16.9. The minimum Gasteiger partial charge on any atom is -0.508 e. The smallest absolute Gasteiger partial charge is 0.326 e.